The standard InChI is InChI=1S/C22H14BrClN2O3/c23-15-3-10-20(28)14(11-15)12-19-21(13-1-8-18(27)9-2-13)25-26(22(19)29)17-6-4-16(24)5-7-17/h1-12,27-28H. The Balaban J connectivity index is 1.85. The predicted octanol–water partition coefficient (Wildman–Crippen LogP) is 5.35. The Morgan fingerprint density at radius 3 is 2.34 bits per heavy atom. The van der Waals surface area contributed by atoms with Crippen LogP contribution in [-0.2, 0) is 4.79 Å². The van der Waals surface area contributed by atoms with Crippen molar-refractivity contribution in [3.8, 4) is 11.5 Å². The van der Waals surface area contributed by atoms with Crippen LogP contribution < -0.4 is 5.01 Å². The van der Waals surface area contributed by atoms with Gasteiger partial charge in [-0.15, -0.1) is 0 Å². The SMILES string of the molecule is O=C1C(=Cc2cc(Br)ccc2O)C(c2ccc(O)cc2)=NN1c1ccc(Cl)cc1. The number of phenolic OH excluding ortho intramolecular Hbond substituents is 2. The van der Waals surface area contributed by atoms with Crippen molar-refractivity contribution in [1.82, 2.24) is 0 Å². The molecular weight excluding hydrogens is 456 g/mol. The summed E-state index contributed by atoms with van der Waals surface area (Å²) in [5.74, 6) is -0.179. The molecule has 1 aliphatic rings. The second-order valence-corrected chi connectivity index (χ2v) is 7.70. The number of carbonyl (C=O) groups is 1. The van der Waals surface area contributed by atoms with Gasteiger partial charge in [0, 0.05) is 20.6 Å². The molecule has 144 valence electrons. The normalized spacial score (nSPS) is 15.1. The van der Waals surface area contributed by atoms with Crippen LogP contribution in [0.25, 0.3) is 6.08 Å². The number of benzene rings is 3. The van der Waals surface area contributed by atoms with Gasteiger partial charge in [-0.3, -0.25) is 4.79 Å². The van der Waals surface area contributed by atoms with E-state index >= 15 is 0 Å². The van der Waals surface area contributed by atoms with Gasteiger partial charge in [-0.25, -0.2) is 0 Å². The number of hydrogen-bond donors (Lipinski definition) is 2. The van der Waals surface area contributed by atoms with Crippen molar-refractivity contribution in [2.75, 3.05) is 5.01 Å². The summed E-state index contributed by atoms with van der Waals surface area (Å²) in [7, 11) is 0. The molecule has 0 saturated heterocycles. The van der Waals surface area contributed by atoms with Gasteiger partial charge in [0.1, 0.15) is 17.2 Å². The van der Waals surface area contributed by atoms with Gasteiger partial charge in [0.2, 0.25) is 0 Å². The summed E-state index contributed by atoms with van der Waals surface area (Å²) in [4.78, 5) is 13.2. The Hall–Kier alpha value is -3.09. The van der Waals surface area contributed by atoms with Crippen LogP contribution in [0, 0.1) is 0 Å². The zero-order valence-electron chi connectivity index (χ0n) is 14.9. The van der Waals surface area contributed by atoms with Crippen LogP contribution in [0.4, 0.5) is 5.69 Å². The van der Waals surface area contributed by atoms with Gasteiger partial charge in [0.25, 0.3) is 5.91 Å². The monoisotopic (exact) mass is 468 g/mol. The van der Waals surface area contributed by atoms with E-state index < -0.39 is 0 Å². The average molecular weight is 470 g/mol. The fourth-order valence-electron chi connectivity index (χ4n) is 2.93. The molecule has 29 heavy (non-hydrogen) atoms. The first-order chi connectivity index (χ1) is 13.9. The number of halogens is 2. The lowest BCUT2D eigenvalue weighted by molar-refractivity contribution is -0.114. The van der Waals surface area contributed by atoms with Crippen LogP contribution in [0.1, 0.15) is 11.1 Å². The number of rotatable bonds is 3. The highest BCUT2D eigenvalue weighted by atomic mass is 79.9. The summed E-state index contributed by atoms with van der Waals surface area (Å²) in [6, 6.07) is 18.2. The van der Waals surface area contributed by atoms with Crippen molar-refractivity contribution in [3.63, 3.8) is 0 Å². The lowest BCUT2D eigenvalue weighted by Crippen LogP contribution is -2.21. The molecule has 0 bridgehead atoms. The maximum absolute atomic E-state index is 13.2. The van der Waals surface area contributed by atoms with Gasteiger partial charge in [-0.1, -0.05) is 27.5 Å². The molecule has 0 fully saturated rings. The Morgan fingerprint density at radius 2 is 1.66 bits per heavy atom. The highest BCUT2D eigenvalue weighted by molar-refractivity contribution is 9.10. The van der Waals surface area contributed by atoms with E-state index in [4.69, 9.17) is 11.6 Å². The van der Waals surface area contributed by atoms with Gasteiger partial charge in [-0.2, -0.15) is 10.1 Å². The second kappa shape index (κ2) is 7.73. The summed E-state index contributed by atoms with van der Waals surface area (Å²) >= 11 is 9.33. The lowest BCUT2D eigenvalue weighted by atomic mass is 10.00. The number of hydrogen-bond acceptors (Lipinski definition) is 4. The van der Waals surface area contributed by atoms with E-state index in [2.05, 4.69) is 21.0 Å². The van der Waals surface area contributed by atoms with Gasteiger partial charge < -0.3 is 10.2 Å². The lowest BCUT2D eigenvalue weighted by Gasteiger charge is -2.11. The summed E-state index contributed by atoms with van der Waals surface area (Å²) in [5, 5.41) is 26.2. The largest absolute Gasteiger partial charge is 0.508 e. The van der Waals surface area contributed by atoms with Gasteiger partial charge in [0.15, 0.2) is 0 Å². The van der Waals surface area contributed by atoms with E-state index in [9.17, 15) is 15.0 Å². The topological polar surface area (TPSA) is 73.1 Å². The molecule has 3 aromatic carbocycles. The second-order valence-electron chi connectivity index (χ2n) is 6.35. The van der Waals surface area contributed by atoms with Crippen LogP contribution in [0.2, 0.25) is 5.02 Å². The van der Waals surface area contributed by atoms with Gasteiger partial charge in [-0.05, 0) is 72.8 Å². The van der Waals surface area contributed by atoms with Crippen molar-refractivity contribution >= 4 is 50.9 Å². The van der Waals surface area contributed by atoms with E-state index in [-0.39, 0.29) is 17.4 Å². The van der Waals surface area contributed by atoms with Crippen LogP contribution in [-0.4, -0.2) is 21.8 Å². The van der Waals surface area contributed by atoms with Crippen LogP contribution in [0.15, 0.2) is 81.9 Å². The third-order valence-corrected chi connectivity index (χ3v) is 5.12. The van der Waals surface area contributed by atoms with E-state index in [0.29, 0.717) is 33.1 Å². The maximum atomic E-state index is 13.2. The van der Waals surface area contributed by atoms with E-state index in [1.54, 1.807) is 60.7 Å². The molecule has 1 aliphatic heterocycles. The Morgan fingerprint density at radius 1 is 0.966 bits per heavy atom. The minimum absolute atomic E-state index is 0.0449. The van der Waals surface area contributed by atoms with E-state index in [1.807, 2.05) is 0 Å². The van der Waals surface area contributed by atoms with Crippen molar-refractivity contribution in [2.45, 2.75) is 0 Å². The minimum atomic E-state index is -0.338. The zero-order chi connectivity index (χ0) is 20.5. The molecule has 3 aromatic rings. The summed E-state index contributed by atoms with van der Waals surface area (Å²) in [5.41, 5.74) is 2.46. The van der Waals surface area contributed by atoms with Crippen molar-refractivity contribution in [2.24, 2.45) is 5.10 Å². The number of aromatic hydroxyl groups is 2. The molecule has 2 N–H and O–H groups in total. The number of nitrogens with zero attached hydrogens (tertiary/aromatic N) is 2. The fourth-order valence-corrected chi connectivity index (χ4v) is 3.44. The third-order valence-electron chi connectivity index (χ3n) is 4.38. The molecule has 0 saturated carbocycles. The van der Waals surface area contributed by atoms with Gasteiger partial charge >= 0.3 is 0 Å². The average Bonchev–Trinajstić information content (AvgIpc) is 3.02. The Bertz CT molecular complexity index is 1160. The number of carbonyl (C=O) groups excluding carboxylic acids is 1. The van der Waals surface area contributed by atoms with Crippen molar-refractivity contribution in [3.05, 3.63) is 92.9 Å². The molecule has 7 heteroatoms. The molecule has 0 aromatic heterocycles. The minimum Gasteiger partial charge on any atom is -0.508 e. The first kappa shape index (κ1) is 19.2. The molecule has 0 aliphatic carbocycles. The maximum Gasteiger partial charge on any atom is 0.281 e. The summed E-state index contributed by atoms with van der Waals surface area (Å²) < 4.78 is 0.769. The van der Waals surface area contributed by atoms with Crippen LogP contribution >= 0.6 is 27.5 Å². The number of anilines is 1. The molecule has 1 amide bonds. The van der Waals surface area contributed by atoms with Crippen LogP contribution in [0.3, 0.4) is 0 Å². The van der Waals surface area contributed by atoms with Crippen LogP contribution in [0.5, 0.6) is 11.5 Å². The third kappa shape index (κ3) is 3.90. The van der Waals surface area contributed by atoms with Gasteiger partial charge in [0.05, 0.1) is 11.3 Å². The number of phenols is 2. The number of amides is 1. The molecule has 0 atom stereocenters. The molecule has 4 rings (SSSR count). The molecule has 1 heterocycles. The van der Waals surface area contributed by atoms with E-state index in [1.165, 1.54) is 17.1 Å². The van der Waals surface area contributed by atoms with E-state index in [0.717, 1.165) is 4.47 Å². The Kier molecular flexibility index (Phi) is 5.13. The predicted molar refractivity (Wildman–Crippen MR) is 117 cm³/mol. The quantitative estimate of drug-likeness (QED) is 0.508. The van der Waals surface area contributed by atoms with Crippen molar-refractivity contribution < 1.29 is 15.0 Å². The Labute approximate surface area is 180 Å². The molecule has 0 spiro atoms. The van der Waals surface area contributed by atoms with Crippen molar-refractivity contribution in [1.29, 1.82) is 0 Å². The first-order valence-electron chi connectivity index (χ1n) is 8.61. The fraction of sp³-hybridized carbons (Fsp3) is 0. The smallest absolute Gasteiger partial charge is 0.281 e. The highest BCUT2D eigenvalue weighted by Crippen LogP contribution is 2.31. The number of hydrazone groups is 1. The molecule has 5 nitrogen and oxygen atoms in total. The zero-order valence-corrected chi connectivity index (χ0v) is 17.2. The molecular formula is C22H14BrClN2O3. The molecule has 0 unspecified atom stereocenters. The highest BCUT2D eigenvalue weighted by Gasteiger charge is 2.32. The first-order valence-corrected chi connectivity index (χ1v) is 9.78. The molecule has 0 radical (unpaired) electrons. The summed E-state index contributed by atoms with van der Waals surface area (Å²) in [6.07, 6.45) is 1.60. The summed E-state index contributed by atoms with van der Waals surface area (Å²) in [6.45, 7) is 0.